The summed E-state index contributed by atoms with van der Waals surface area (Å²) in [6, 6.07) is 13.1. The van der Waals surface area contributed by atoms with Gasteiger partial charge in [-0.15, -0.1) is 0 Å². The lowest BCUT2D eigenvalue weighted by molar-refractivity contribution is -0.143. The second-order valence-corrected chi connectivity index (χ2v) is 7.99. The minimum absolute atomic E-state index is 0.0372. The molecule has 0 aliphatic heterocycles. The number of ether oxygens (including phenoxy) is 2. The zero-order valence-electron chi connectivity index (χ0n) is 19.3. The summed E-state index contributed by atoms with van der Waals surface area (Å²) in [6.07, 6.45) is 2.90. The molecule has 0 unspecified atom stereocenters. The molecule has 0 N–H and O–H groups in total. The Kier molecular flexibility index (Phi) is 6.87. The quantitative estimate of drug-likeness (QED) is 0.329. The SMILES string of the molecule is CCOC(=O)CCCn1cc2cc(-c3noc(-c4ccc(OC(C)C)c(C#N)c4)n3)ccc2n1. The maximum atomic E-state index is 11.5. The first kappa shape index (κ1) is 23.0. The van der Waals surface area contributed by atoms with Crippen LogP contribution in [0.25, 0.3) is 33.7 Å². The van der Waals surface area contributed by atoms with Crippen LogP contribution in [0.15, 0.2) is 47.1 Å². The first-order valence-electron chi connectivity index (χ1n) is 11.1. The monoisotopic (exact) mass is 459 g/mol. The molecule has 2 heterocycles. The first-order chi connectivity index (χ1) is 16.5. The average molecular weight is 460 g/mol. The van der Waals surface area contributed by atoms with Crippen molar-refractivity contribution in [2.45, 2.75) is 46.3 Å². The number of nitrogens with zero attached hydrogens (tertiary/aromatic N) is 5. The Morgan fingerprint density at radius 3 is 2.79 bits per heavy atom. The molecule has 9 heteroatoms. The molecule has 0 amide bonds. The van der Waals surface area contributed by atoms with Gasteiger partial charge in [0.1, 0.15) is 11.8 Å². The van der Waals surface area contributed by atoms with Crippen molar-refractivity contribution < 1.29 is 18.8 Å². The largest absolute Gasteiger partial charge is 0.490 e. The van der Waals surface area contributed by atoms with Gasteiger partial charge in [-0.2, -0.15) is 15.3 Å². The number of rotatable bonds is 9. The van der Waals surface area contributed by atoms with Crippen LogP contribution >= 0.6 is 0 Å². The fraction of sp³-hybridized carbons (Fsp3) is 0.320. The fourth-order valence-electron chi connectivity index (χ4n) is 3.51. The third-order valence-corrected chi connectivity index (χ3v) is 5.02. The molecule has 4 aromatic rings. The van der Waals surface area contributed by atoms with Crippen molar-refractivity contribution in [2.24, 2.45) is 0 Å². The molecule has 2 aromatic carbocycles. The zero-order chi connectivity index (χ0) is 24.1. The predicted molar refractivity (Wildman–Crippen MR) is 125 cm³/mol. The van der Waals surface area contributed by atoms with Gasteiger partial charge in [0.25, 0.3) is 5.89 Å². The maximum Gasteiger partial charge on any atom is 0.305 e. The van der Waals surface area contributed by atoms with Gasteiger partial charge in [0, 0.05) is 35.7 Å². The molecule has 0 aliphatic rings. The Bertz CT molecular complexity index is 1350. The Morgan fingerprint density at radius 2 is 2.03 bits per heavy atom. The van der Waals surface area contributed by atoms with Crippen LogP contribution in [0.1, 0.15) is 39.2 Å². The smallest absolute Gasteiger partial charge is 0.305 e. The van der Waals surface area contributed by atoms with E-state index in [1.807, 2.05) is 42.9 Å². The lowest BCUT2D eigenvalue weighted by atomic mass is 10.1. The number of aromatic nitrogens is 4. The molecule has 0 saturated carbocycles. The molecule has 4 rings (SSSR count). The number of benzene rings is 2. The maximum absolute atomic E-state index is 11.5. The zero-order valence-corrected chi connectivity index (χ0v) is 19.3. The van der Waals surface area contributed by atoms with E-state index < -0.39 is 0 Å². The van der Waals surface area contributed by atoms with Crippen LogP contribution in [0.4, 0.5) is 0 Å². The minimum Gasteiger partial charge on any atom is -0.490 e. The summed E-state index contributed by atoms with van der Waals surface area (Å²) < 4.78 is 17.9. The van der Waals surface area contributed by atoms with Gasteiger partial charge in [-0.05, 0) is 63.6 Å². The number of hydrogen-bond acceptors (Lipinski definition) is 8. The Morgan fingerprint density at radius 1 is 1.21 bits per heavy atom. The van der Waals surface area contributed by atoms with Gasteiger partial charge in [-0.25, -0.2) is 0 Å². The highest BCUT2D eigenvalue weighted by Crippen LogP contribution is 2.28. The van der Waals surface area contributed by atoms with Crippen molar-refractivity contribution in [1.29, 1.82) is 5.26 Å². The van der Waals surface area contributed by atoms with Gasteiger partial charge >= 0.3 is 5.97 Å². The van der Waals surface area contributed by atoms with Crippen LogP contribution in [0.2, 0.25) is 0 Å². The molecule has 0 atom stereocenters. The highest BCUT2D eigenvalue weighted by molar-refractivity contribution is 5.83. The van der Waals surface area contributed by atoms with Crippen LogP contribution in [0.5, 0.6) is 5.75 Å². The van der Waals surface area contributed by atoms with Gasteiger partial charge in [0.2, 0.25) is 5.82 Å². The molecule has 0 bridgehead atoms. The van der Waals surface area contributed by atoms with Gasteiger partial charge in [-0.1, -0.05) is 5.16 Å². The highest BCUT2D eigenvalue weighted by Gasteiger charge is 2.15. The van der Waals surface area contributed by atoms with E-state index in [2.05, 4.69) is 21.3 Å². The lowest BCUT2D eigenvalue weighted by Crippen LogP contribution is -2.06. The summed E-state index contributed by atoms with van der Waals surface area (Å²) in [4.78, 5) is 16.0. The second kappa shape index (κ2) is 10.2. The van der Waals surface area contributed by atoms with Crippen molar-refractivity contribution in [3.63, 3.8) is 0 Å². The van der Waals surface area contributed by atoms with Crippen LogP contribution in [0.3, 0.4) is 0 Å². The van der Waals surface area contributed by atoms with Crippen molar-refractivity contribution in [3.05, 3.63) is 48.2 Å². The second-order valence-electron chi connectivity index (χ2n) is 7.99. The molecule has 0 radical (unpaired) electrons. The molecular formula is C25H25N5O4. The third-order valence-electron chi connectivity index (χ3n) is 5.02. The van der Waals surface area contributed by atoms with E-state index in [0.29, 0.717) is 54.6 Å². The van der Waals surface area contributed by atoms with E-state index in [4.69, 9.17) is 14.0 Å². The topological polar surface area (TPSA) is 116 Å². The number of esters is 1. The number of carbonyl (C=O) groups is 1. The van der Waals surface area contributed by atoms with Crippen LogP contribution in [-0.4, -0.2) is 38.6 Å². The Balaban J connectivity index is 1.51. The molecule has 0 saturated heterocycles. The summed E-state index contributed by atoms with van der Waals surface area (Å²) in [5.41, 5.74) is 2.67. The molecule has 0 fully saturated rings. The third kappa shape index (κ3) is 5.23. The number of aryl methyl sites for hydroxylation is 1. The van der Waals surface area contributed by atoms with E-state index in [9.17, 15) is 10.1 Å². The van der Waals surface area contributed by atoms with E-state index in [0.717, 1.165) is 16.5 Å². The molecule has 174 valence electrons. The van der Waals surface area contributed by atoms with Gasteiger partial charge < -0.3 is 14.0 Å². The van der Waals surface area contributed by atoms with E-state index in [1.165, 1.54) is 0 Å². The lowest BCUT2D eigenvalue weighted by Gasteiger charge is -2.11. The van der Waals surface area contributed by atoms with Crippen molar-refractivity contribution in [1.82, 2.24) is 19.9 Å². The normalized spacial score (nSPS) is 11.0. The Hall–Kier alpha value is -4.19. The molecular weight excluding hydrogens is 434 g/mol. The summed E-state index contributed by atoms with van der Waals surface area (Å²) in [5, 5.41) is 19.1. The number of fused-ring (bicyclic) bond motifs is 1. The molecule has 34 heavy (non-hydrogen) atoms. The minimum atomic E-state index is -0.196. The Labute approximate surface area is 196 Å². The summed E-state index contributed by atoms with van der Waals surface area (Å²) in [6.45, 7) is 6.62. The summed E-state index contributed by atoms with van der Waals surface area (Å²) in [5.74, 6) is 1.08. The van der Waals surface area contributed by atoms with Crippen molar-refractivity contribution in [3.8, 4) is 34.7 Å². The van der Waals surface area contributed by atoms with Crippen molar-refractivity contribution in [2.75, 3.05) is 6.61 Å². The molecule has 0 aliphatic carbocycles. The summed E-state index contributed by atoms with van der Waals surface area (Å²) in [7, 11) is 0. The van der Waals surface area contributed by atoms with Gasteiger partial charge in [0.05, 0.1) is 23.8 Å². The van der Waals surface area contributed by atoms with Crippen LogP contribution in [0, 0.1) is 11.3 Å². The van der Waals surface area contributed by atoms with Crippen molar-refractivity contribution >= 4 is 16.9 Å². The van der Waals surface area contributed by atoms with Gasteiger partial charge in [-0.3, -0.25) is 9.48 Å². The molecule has 0 spiro atoms. The molecule has 2 aromatic heterocycles. The average Bonchev–Trinajstić information content (AvgIpc) is 3.46. The van der Waals surface area contributed by atoms with E-state index >= 15 is 0 Å². The first-order valence-corrected chi connectivity index (χ1v) is 11.1. The predicted octanol–water partition coefficient (Wildman–Crippen LogP) is 4.76. The number of carbonyl (C=O) groups excluding carboxylic acids is 1. The van der Waals surface area contributed by atoms with Gasteiger partial charge in [0.15, 0.2) is 0 Å². The fourth-order valence-corrected chi connectivity index (χ4v) is 3.51. The number of hydrogen-bond donors (Lipinski definition) is 0. The molecule has 9 nitrogen and oxygen atoms in total. The van der Waals surface area contributed by atoms with E-state index in [-0.39, 0.29) is 12.1 Å². The number of nitriles is 1. The van der Waals surface area contributed by atoms with Crippen LogP contribution in [-0.2, 0) is 16.1 Å². The standard InChI is InChI=1S/C25H25N5O4/c1-4-32-23(31)6-5-11-30-15-20-12-17(7-9-21(20)28-30)24-27-25(34-29-24)18-8-10-22(33-16(2)3)19(13-18)14-26/h7-10,12-13,15-16H,4-6,11H2,1-3H3. The van der Waals surface area contributed by atoms with E-state index in [1.54, 1.807) is 25.1 Å². The summed E-state index contributed by atoms with van der Waals surface area (Å²) >= 11 is 0. The highest BCUT2D eigenvalue weighted by atomic mass is 16.5. The van der Waals surface area contributed by atoms with Crippen LogP contribution < -0.4 is 4.74 Å².